The van der Waals surface area contributed by atoms with Crippen molar-refractivity contribution in [3.63, 3.8) is 0 Å². The highest BCUT2D eigenvalue weighted by Crippen LogP contribution is 2.31. The fourth-order valence-corrected chi connectivity index (χ4v) is 2.81. The first kappa shape index (κ1) is 17.0. The molecule has 136 valence electrons. The van der Waals surface area contributed by atoms with Crippen LogP contribution in [0, 0.1) is 6.92 Å². The van der Waals surface area contributed by atoms with Crippen LogP contribution in [0.15, 0.2) is 54.9 Å². The summed E-state index contributed by atoms with van der Waals surface area (Å²) in [5, 5.41) is 3.19. The molecule has 0 fully saturated rings. The Balaban J connectivity index is 1.64. The molecule has 0 aliphatic rings. The van der Waals surface area contributed by atoms with Crippen molar-refractivity contribution in [3.8, 4) is 11.3 Å². The monoisotopic (exact) mass is 369 g/mol. The number of imidazole rings is 1. The lowest BCUT2D eigenvalue weighted by Gasteiger charge is -2.09. The van der Waals surface area contributed by atoms with Crippen molar-refractivity contribution in [1.29, 1.82) is 0 Å². The lowest BCUT2D eigenvalue weighted by molar-refractivity contribution is -0.137. The summed E-state index contributed by atoms with van der Waals surface area (Å²) < 4.78 is 38.1. The summed E-state index contributed by atoms with van der Waals surface area (Å²) in [4.78, 5) is 16.0. The first-order valence-corrected chi connectivity index (χ1v) is 8.12. The number of nitrogens with one attached hydrogen (secondary N) is 2. The van der Waals surface area contributed by atoms with E-state index in [2.05, 4.69) is 25.3 Å². The van der Waals surface area contributed by atoms with Crippen LogP contribution < -0.4 is 5.32 Å². The van der Waals surface area contributed by atoms with Gasteiger partial charge in [0.25, 0.3) is 0 Å². The summed E-state index contributed by atoms with van der Waals surface area (Å²) in [6.45, 7) is 1.87. The number of alkyl halides is 3. The third-order valence-corrected chi connectivity index (χ3v) is 4.07. The molecule has 0 bridgehead atoms. The third kappa shape index (κ3) is 3.46. The fraction of sp³-hybridized carbons (Fsp3) is 0.105. The number of fused-ring (bicyclic) bond motifs is 1. The van der Waals surface area contributed by atoms with Crippen molar-refractivity contribution >= 4 is 22.5 Å². The van der Waals surface area contributed by atoms with E-state index in [1.807, 2.05) is 25.1 Å². The number of H-pyrrole nitrogens is 1. The number of aryl methyl sites for hydroxylation is 1. The molecule has 2 aromatic carbocycles. The van der Waals surface area contributed by atoms with Gasteiger partial charge in [-0.25, -0.2) is 15.0 Å². The van der Waals surface area contributed by atoms with Gasteiger partial charge in [-0.05, 0) is 31.2 Å². The molecule has 0 spiro atoms. The van der Waals surface area contributed by atoms with E-state index in [0.717, 1.165) is 34.7 Å². The predicted molar refractivity (Wildman–Crippen MR) is 96.6 cm³/mol. The number of halogens is 3. The normalized spacial score (nSPS) is 11.7. The molecule has 0 amide bonds. The van der Waals surface area contributed by atoms with E-state index in [0.29, 0.717) is 17.1 Å². The molecule has 4 aromatic rings. The Morgan fingerprint density at radius 1 is 1.00 bits per heavy atom. The van der Waals surface area contributed by atoms with Crippen molar-refractivity contribution in [2.75, 3.05) is 5.32 Å². The highest BCUT2D eigenvalue weighted by atomic mass is 19.4. The van der Waals surface area contributed by atoms with E-state index in [-0.39, 0.29) is 0 Å². The maximum absolute atomic E-state index is 12.7. The molecule has 0 saturated heterocycles. The van der Waals surface area contributed by atoms with E-state index in [4.69, 9.17) is 0 Å². The van der Waals surface area contributed by atoms with Crippen molar-refractivity contribution in [1.82, 2.24) is 19.9 Å². The van der Waals surface area contributed by atoms with Crippen LogP contribution in [0.4, 0.5) is 24.7 Å². The van der Waals surface area contributed by atoms with Crippen LogP contribution in [0.5, 0.6) is 0 Å². The van der Waals surface area contributed by atoms with Gasteiger partial charge < -0.3 is 10.3 Å². The first-order valence-electron chi connectivity index (χ1n) is 8.12. The Hall–Kier alpha value is -3.42. The first-order chi connectivity index (χ1) is 12.9. The molecule has 0 unspecified atom stereocenters. The number of aromatic nitrogens is 4. The fourth-order valence-electron chi connectivity index (χ4n) is 2.81. The molecule has 0 aliphatic carbocycles. The molecule has 4 rings (SSSR count). The quantitative estimate of drug-likeness (QED) is 0.528. The van der Waals surface area contributed by atoms with Gasteiger partial charge in [-0.2, -0.15) is 13.2 Å². The van der Waals surface area contributed by atoms with E-state index in [9.17, 15) is 13.2 Å². The second-order valence-corrected chi connectivity index (χ2v) is 6.01. The molecule has 5 nitrogen and oxygen atoms in total. The standard InChI is InChI=1S/C19H14F3N5/c1-11-25-14-3-2-4-15(18(14)26-11)27-17-9-16(23-10-24-17)12-5-7-13(8-6-12)19(20,21)22/h2-10H,1H3,(H,25,26)(H,23,24,27). The third-order valence-electron chi connectivity index (χ3n) is 4.07. The molecule has 2 N–H and O–H groups in total. The van der Waals surface area contributed by atoms with Crippen molar-refractivity contribution in [2.45, 2.75) is 13.1 Å². The second-order valence-electron chi connectivity index (χ2n) is 6.01. The van der Waals surface area contributed by atoms with Gasteiger partial charge in [0.05, 0.1) is 22.5 Å². The van der Waals surface area contributed by atoms with Crippen LogP contribution in [0.1, 0.15) is 11.4 Å². The Bertz CT molecular complexity index is 1100. The van der Waals surface area contributed by atoms with Gasteiger partial charge in [0, 0.05) is 11.6 Å². The molecule has 2 heterocycles. The molecule has 8 heteroatoms. The lowest BCUT2D eigenvalue weighted by atomic mass is 10.1. The van der Waals surface area contributed by atoms with Crippen molar-refractivity contribution in [2.24, 2.45) is 0 Å². The maximum atomic E-state index is 12.7. The number of anilines is 2. The smallest absolute Gasteiger partial charge is 0.342 e. The summed E-state index contributed by atoms with van der Waals surface area (Å²) in [5.41, 5.74) is 2.85. The van der Waals surface area contributed by atoms with Crippen LogP contribution in [-0.2, 0) is 6.18 Å². The number of benzene rings is 2. The molecule has 0 aliphatic heterocycles. The zero-order valence-corrected chi connectivity index (χ0v) is 14.2. The molecule has 0 radical (unpaired) electrons. The highest BCUT2D eigenvalue weighted by Gasteiger charge is 2.30. The zero-order chi connectivity index (χ0) is 19.0. The minimum absolute atomic E-state index is 0.520. The summed E-state index contributed by atoms with van der Waals surface area (Å²) in [6.07, 6.45) is -3.00. The van der Waals surface area contributed by atoms with Gasteiger partial charge in [0.15, 0.2) is 0 Å². The molecular weight excluding hydrogens is 355 g/mol. The maximum Gasteiger partial charge on any atom is 0.416 e. The number of hydrogen-bond acceptors (Lipinski definition) is 4. The minimum atomic E-state index is -4.36. The number of para-hydroxylation sites is 1. The molecule has 0 saturated carbocycles. The number of rotatable bonds is 3. The Morgan fingerprint density at radius 3 is 2.52 bits per heavy atom. The Morgan fingerprint density at radius 2 is 1.78 bits per heavy atom. The average Bonchev–Trinajstić information content (AvgIpc) is 3.03. The van der Waals surface area contributed by atoms with Crippen LogP contribution in [0.2, 0.25) is 0 Å². The van der Waals surface area contributed by atoms with E-state index in [1.165, 1.54) is 18.5 Å². The lowest BCUT2D eigenvalue weighted by Crippen LogP contribution is -2.04. The summed E-state index contributed by atoms with van der Waals surface area (Å²) >= 11 is 0. The Kier molecular flexibility index (Phi) is 4.02. The van der Waals surface area contributed by atoms with Crippen LogP contribution >= 0.6 is 0 Å². The number of aromatic amines is 1. The van der Waals surface area contributed by atoms with Crippen LogP contribution in [0.3, 0.4) is 0 Å². The van der Waals surface area contributed by atoms with Gasteiger partial charge >= 0.3 is 6.18 Å². The highest BCUT2D eigenvalue weighted by molar-refractivity contribution is 5.90. The average molecular weight is 369 g/mol. The largest absolute Gasteiger partial charge is 0.416 e. The van der Waals surface area contributed by atoms with E-state index < -0.39 is 11.7 Å². The molecular formula is C19H14F3N5. The second kappa shape index (κ2) is 6.39. The van der Waals surface area contributed by atoms with Crippen LogP contribution in [0.25, 0.3) is 22.3 Å². The van der Waals surface area contributed by atoms with Gasteiger partial charge in [-0.15, -0.1) is 0 Å². The molecule has 27 heavy (non-hydrogen) atoms. The SMILES string of the molecule is Cc1nc2c(Nc3cc(-c4ccc(C(F)(F)F)cc4)ncn3)cccc2[nH]1. The van der Waals surface area contributed by atoms with Crippen molar-refractivity contribution < 1.29 is 13.2 Å². The number of hydrogen-bond donors (Lipinski definition) is 2. The summed E-state index contributed by atoms with van der Waals surface area (Å²) in [6, 6.07) is 12.2. The Labute approximate surface area is 152 Å². The summed E-state index contributed by atoms with van der Waals surface area (Å²) in [7, 11) is 0. The van der Waals surface area contributed by atoms with Crippen molar-refractivity contribution in [3.05, 3.63) is 66.2 Å². The van der Waals surface area contributed by atoms with Gasteiger partial charge in [-0.1, -0.05) is 18.2 Å². The van der Waals surface area contributed by atoms with E-state index >= 15 is 0 Å². The summed E-state index contributed by atoms with van der Waals surface area (Å²) in [5.74, 6) is 1.32. The van der Waals surface area contributed by atoms with E-state index in [1.54, 1.807) is 6.07 Å². The topological polar surface area (TPSA) is 66.5 Å². The van der Waals surface area contributed by atoms with Gasteiger partial charge in [0.2, 0.25) is 0 Å². The van der Waals surface area contributed by atoms with Gasteiger partial charge in [-0.3, -0.25) is 0 Å². The van der Waals surface area contributed by atoms with Crippen LogP contribution in [-0.4, -0.2) is 19.9 Å². The van der Waals surface area contributed by atoms with Gasteiger partial charge in [0.1, 0.15) is 23.5 Å². The number of nitrogens with zero attached hydrogens (tertiary/aromatic N) is 3. The predicted octanol–water partition coefficient (Wildman–Crippen LogP) is 5.09. The molecule has 0 atom stereocenters. The molecule has 2 aromatic heterocycles. The minimum Gasteiger partial charge on any atom is -0.342 e. The zero-order valence-electron chi connectivity index (χ0n) is 14.2.